The number of hydrogen-bond donors (Lipinski definition) is 1. The summed E-state index contributed by atoms with van der Waals surface area (Å²) >= 11 is 6.02. The van der Waals surface area contributed by atoms with Gasteiger partial charge in [0.1, 0.15) is 5.82 Å². The molecule has 1 aliphatic rings. The summed E-state index contributed by atoms with van der Waals surface area (Å²) in [7, 11) is 3.62. The maximum absolute atomic E-state index is 13.8. The third-order valence-electron chi connectivity index (χ3n) is 3.55. The summed E-state index contributed by atoms with van der Waals surface area (Å²) in [6.45, 7) is 1.41. The van der Waals surface area contributed by atoms with E-state index in [2.05, 4.69) is 5.32 Å². The predicted octanol–water partition coefficient (Wildman–Crippen LogP) is 2.68. The van der Waals surface area contributed by atoms with Crippen LogP contribution in [-0.2, 0) is 4.79 Å². The van der Waals surface area contributed by atoms with E-state index < -0.39 is 0 Å². The maximum atomic E-state index is 13.8. The molecule has 3 nitrogen and oxygen atoms in total. The van der Waals surface area contributed by atoms with E-state index in [1.54, 1.807) is 24.1 Å². The maximum Gasteiger partial charge on any atom is 0.226 e. The second kappa shape index (κ2) is 7.25. The Bertz CT molecular complexity index is 464. The molecule has 2 atom stereocenters. The van der Waals surface area contributed by atoms with Gasteiger partial charge in [0, 0.05) is 42.6 Å². The Kier molecular flexibility index (Phi) is 6.24. The van der Waals surface area contributed by atoms with Gasteiger partial charge in [0.05, 0.1) is 0 Å². The van der Waals surface area contributed by atoms with Crippen molar-refractivity contribution in [1.82, 2.24) is 10.2 Å². The first kappa shape index (κ1) is 17.2. The highest BCUT2D eigenvalue weighted by Gasteiger charge is 2.47. The predicted molar refractivity (Wildman–Crippen MR) is 81.1 cm³/mol. The zero-order chi connectivity index (χ0) is 14.0. The van der Waals surface area contributed by atoms with Crippen LogP contribution in [-0.4, -0.2) is 38.0 Å². The SMILES string of the molecule is CNCCN(C)C(=O)C1CC1c1c(F)cccc1Cl.Cl. The fraction of sp³-hybridized carbons (Fsp3) is 0.500. The number of carbonyl (C=O) groups excluding carboxylic acids is 1. The van der Waals surface area contributed by atoms with Crippen LogP contribution in [0.2, 0.25) is 5.02 Å². The Hall–Kier alpha value is -0.840. The molecule has 2 unspecified atom stereocenters. The highest BCUT2D eigenvalue weighted by atomic mass is 35.5. The first-order valence-corrected chi connectivity index (χ1v) is 6.77. The van der Waals surface area contributed by atoms with Gasteiger partial charge < -0.3 is 10.2 Å². The summed E-state index contributed by atoms with van der Waals surface area (Å²) in [6.07, 6.45) is 0.684. The fourth-order valence-electron chi connectivity index (χ4n) is 2.32. The van der Waals surface area contributed by atoms with Crippen LogP contribution in [0, 0.1) is 11.7 Å². The average molecular weight is 321 g/mol. The molecule has 1 amide bonds. The number of likely N-dealkylation sites (N-methyl/N-ethyl adjacent to an activating group) is 2. The van der Waals surface area contributed by atoms with Crippen LogP contribution in [0.5, 0.6) is 0 Å². The highest BCUT2D eigenvalue weighted by Crippen LogP contribution is 2.51. The molecule has 0 aromatic heterocycles. The second-order valence-electron chi connectivity index (χ2n) is 4.95. The van der Waals surface area contributed by atoms with E-state index >= 15 is 0 Å². The summed E-state index contributed by atoms with van der Waals surface area (Å²) in [5.74, 6) is -0.445. The summed E-state index contributed by atoms with van der Waals surface area (Å²) in [6, 6.07) is 4.65. The molecule has 1 aromatic carbocycles. The molecule has 0 saturated heterocycles. The second-order valence-corrected chi connectivity index (χ2v) is 5.35. The van der Waals surface area contributed by atoms with Gasteiger partial charge in [-0.3, -0.25) is 4.79 Å². The lowest BCUT2D eigenvalue weighted by Crippen LogP contribution is -2.34. The van der Waals surface area contributed by atoms with Gasteiger partial charge in [0.25, 0.3) is 0 Å². The lowest BCUT2D eigenvalue weighted by atomic mass is 10.1. The lowest BCUT2D eigenvalue weighted by Gasteiger charge is -2.17. The van der Waals surface area contributed by atoms with Crippen molar-refractivity contribution in [3.05, 3.63) is 34.6 Å². The lowest BCUT2D eigenvalue weighted by molar-refractivity contribution is -0.131. The molecule has 0 aliphatic heterocycles. The van der Waals surface area contributed by atoms with Gasteiger partial charge in [0.15, 0.2) is 0 Å². The normalized spacial score (nSPS) is 20.2. The van der Waals surface area contributed by atoms with Crippen LogP contribution >= 0.6 is 24.0 Å². The quantitative estimate of drug-likeness (QED) is 0.904. The van der Waals surface area contributed by atoms with Gasteiger partial charge in [-0.15, -0.1) is 12.4 Å². The van der Waals surface area contributed by atoms with E-state index in [-0.39, 0.29) is 36.0 Å². The van der Waals surface area contributed by atoms with Crippen molar-refractivity contribution in [2.75, 3.05) is 27.2 Å². The highest BCUT2D eigenvalue weighted by molar-refractivity contribution is 6.31. The molecule has 1 N–H and O–H groups in total. The fourth-order valence-corrected chi connectivity index (χ4v) is 2.63. The standard InChI is InChI=1S/C14H18ClFN2O.ClH/c1-17-6-7-18(2)14(19)10-8-9(10)13-11(15)4-3-5-12(13)16;/h3-5,9-10,17H,6-8H2,1-2H3;1H. The average Bonchev–Trinajstić information content (AvgIpc) is 3.15. The Morgan fingerprint density at radius 1 is 1.55 bits per heavy atom. The minimum Gasteiger partial charge on any atom is -0.344 e. The number of amides is 1. The summed E-state index contributed by atoms with van der Waals surface area (Å²) in [5.41, 5.74) is 0.490. The Morgan fingerprint density at radius 3 is 2.85 bits per heavy atom. The molecule has 2 rings (SSSR count). The minimum atomic E-state index is -0.314. The minimum absolute atomic E-state index is 0. The number of halogens is 3. The van der Waals surface area contributed by atoms with Crippen molar-refractivity contribution in [3.8, 4) is 0 Å². The molecular formula is C14H19Cl2FN2O. The monoisotopic (exact) mass is 320 g/mol. The topological polar surface area (TPSA) is 32.3 Å². The van der Waals surface area contributed by atoms with Gasteiger partial charge in [-0.25, -0.2) is 4.39 Å². The van der Waals surface area contributed by atoms with Crippen LogP contribution in [0.1, 0.15) is 17.9 Å². The van der Waals surface area contributed by atoms with E-state index in [1.165, 1.54) is 6.07 Å². The molecule has 0 radical (unpaired) electrons. The molecule has 0 heterocycles. The zero-order valence-corrected chi connectivity index (χ0v) is 13.1. The van der Waals surface area contributed by atoms with E-state index in [9.17, 15) is 9.18 Å². The summed E-state index contributed by atoms with van der Waals surface area (Å²) < 4.78 is 13.8. The van der Waals surface area contributed by atoms with Crippen LogP contribution in [0.25, 0.3) is 0 Å². The van der Waals surface area contributed by atoms with Crippen molar-refractivity contribution in [2.24, 2.45) is 5.92 Å². The molecule has 0 bridgehead atoms. The third-order valence-corrected chi connectivity index (χ3v) is 3.88. The van der Waals surface area contributed by atoms with Crippen molar-refractivity contribution in [2.45, 2.75) is 12.3 Å². The number of benzene rings is 1. The summed E-state index contributed by atoms with van der Waals surface area (Å²) in [4.78, 5) is 13.8. The van der Waals surface area contributed by atoms with Crippen LogP contribution in [0.15, 0.2) is 18.2 Å². The van der Waals surface area contributed by atoms with E-state index in [0.717, 1.165) is 6.54 Å². The number of nitrogens with one attached hydrogen (secondary N) is 1. The van der Waals surface area contributed by atoms with Crippen molar-refractivity contribution < 1.29 is 9.18 Å². The first-order valence-electron chi connectivity index (χ1n) is 6.39. The number of hydrogen-bond acceptors (Lipinski definition) is 2. The molecule has 20 heavy (non-hydrogen) atoms. The van der Waals surface area contributed by atoms with E-state index in [1.807, 2.05) is 7.05 Å². The first-order chi connectivity index (χ1) is 9.06. The summed E-state index contributed by atoms with van der Waals surface area (Å²) in [5, 5.41) is 3.41. The van der Waals surface area contributed by atoms with Crippen LogP contribution < -0.4 is 5.32 Å². The van der Waals surface area contributed by atoms with Crippen LogP contribution in [0.3, 0.4) is 0 Å². The van der Waals surface area contributed by atoms with Crippen LogP contribution in [0.4, 0.5) is 4.39 Å². The molecule has 6 heteroatoms. The molecule has 1 saturated carbocycles. The Balaban J connectivity index is 0.00000200. The largest absolute Gasteiger partial charge is 0.344 e. The van der Waals surface area contributed by atoms with Gasteiger partial charge in [-0.1, -0.05) is 17.7 Å². The van der Waals surface area contributed by atoms with Gasteiger partial charge in [-0.2, -0.15) is 0 Å². The molecule has 1 aliphatic carbocycles. The van der Waals surface area contributed by atoms with Crippen molar-refractivity contribution >= 4 is 29.9 Å². The smallest absolute Gasteiger partial charge is 0.226 e. The van der Waals surface area contributed by atoms with Gasteiger partial charge in [-0.05, 0) is 25.6 Å². The number of nitrogens with zero attached hydrogens (tertiary/aromatic N) is 1. The number of rotatable bonds is 5. The van der Waals surface area contributed by atoms with E-state index in [4.69, 9.17) is 11.6 Å². The van der Waals surface area contributed by atoms with Gasteiger partial charge in [0.2, 0.25) is 5.91 Å². The Labute approximate surface area is 129 Å². The third kappa shape index (κ3) is 3.62. The molecular weight excluding hydrogens is 302 g/mol. The van der Waals surface area contributed by atoms with Crippen molar-refractivity contribution in [3.63, 3.8) is 0 Å². The van der Waals surface area contributed by atoms with Crippen molar-refractivity contribution in [1.29, 1.82) is 0 Å². The number of carbonyl (C=O) groups is 1. The molecule has 112 valence electrons. The molecule has 0 spiro atoms. The molecule has 1 fully saturated rings. The van der Waals surface area contributed by atoms with Gasteiger partial charge >= 0.3 is 0 Å². The van der Waals surface area contributed by atoms with E-state index in [0.29, 0.717) is 23.6 Å². The zero-order valence-electron chi connectivity index (χ0n) is 11.5. The molecule has 1 aromatic rings. The Morgan fingerprint density at radius 2 is 2.25 bits per heavy atom.